The van der Waals surface area contributed by atoms with E-state index in [2.05, 4.69) is 33.8 Å². The number of nitrogens with zero attached hydrogens (tertiary/aromatic N) is 1. The van der Waals surface area contributed by atoms with Gasteiger partial charge in [0.15, 0.2) is 0 Å². The lowest BCUT2D eigenvalue weighted by molar-refractivity contribution is -0.385. The first-order chi connectivity index (χ1) is 13.1. The van der Waals surface area contributed by atoms with Gasteiger partial charge in [0.1, 0.15) is 0 Å². The van der Waals surface area contributed by atoms with Gasteiger partial charge in [0, 0.05) is 12.1 Å². The molecule has 0 radical (unpaired) electrons. The summed E-state index contributed by atoms with van der Waals surface area (Å²) >= 11 is 0. The first kappa shape index (κ1) is 20.8. The summed E-state index contributed by atoms with van der Waals surface area (Å²) in [7, 11) is -0.290. The molecule has 1 aliphatic carbocycles. The summed E-state index contributed by atoms with van der Waals surface area (Å²) in [5.74, 6) is 0. The average molecular weight is 385 g/mol. The van der Waals surface area contributed by atoms with Crippen molar-refractivity contribution in [2.75, 3.05) is 0 Å². The van der Waals surface area contributed by atoms with E-state index >= 15 is 0 Å². The zero-order chi connectivity index (χ0) is 20.5. The summed E-state index contributed by atoms with van der Waals surface area (Å²) in [6, 6.07) is 6.18. The van der Waals surface area contributed by atoms with Gasteiger partial charge in [-0.05, 0) is 64.4 Å². The summed E-state index contributed by atoms with van der Waals surface area (Å²) in [6.45, 7) is 8.21. The first-order valence-corrected chi connectivity index (χ1v) is 9.74. The van der Waals surface area contributed by atoms with Gasteiger partial charge in [-0.1, -0.05) is 29.9 Å². The second kappa shape index (κ2) is 7.81. The van der Waals surface area contributed by atoms with Crippen molar-refractivity contribution >= 4 is 12.8 Å². The molecule has 0 bridgehead atoms. The van der Waals surface area contributed by atoms with Gasteiger partial charge in [0.2, 0.25) is 0 Å². The molecule has 1 fully saturated rings. The predicted octanol–water partition coefficient (Wildman–Crippen LogP) is 4.69. The molecular weight excluding hydrogens is 357 g/mol. The molecule has 1 aromatic carbocycles. The molecule has 0 saturated carbocycles. The molecule has 28 heavy (non-hydrogen) atoms. The number of nitro groups is 1. The second-order valence-corrected chi connectivity index (χ2v) is 8.54. The highest BCUT2D eigenvalue weighted by Gasteiger charge is 2.52. The Balaban J connectivity index is 1.59. The Bertz CT molecular complexity index is 799. The molecule has 0 amide bonds. The quantitative estimate of drug-likeness (QED) is 0.344. The van der Waals surface area contributed by atoms with Crippen molar-refractivity contribution in [3.63, 3.8) is 0 Å². The molecule has 1 atom stereocenters. The molecular formula is C21H28BNO5. The number of aliphatic hydroxyl groups is 1. The van der Waals surface area contributed by atoms with Crippen LogP contribution in [0.25, 0.3) is 0 Å². The van der Waals surface area contributed by atoms with Crippen LogP contribution in [-0.4, -0.2) is 28.4 Å². The van der Waals surface area contributed by atoms with E-state index in [-0.39, 0.29) is 24.0 Å². The van der Waals surface area contributed by atoms with E-state index < -0.39 is 11.0 Å². The van der Waals surface area contributed by atoms with Crippen LogP contribution in [0.15, 0.2) is 47.5 Å². The fourth-order valence-corrected chi connectivity index (χ4v) is 3.43. The number of benzene rings is 1. The van der Waals surface area contributed by atoms with Crippen molar-refractivity contribution in [3.05, 3.63) is 63.1 Å². The highest BCUT2D eigenvalue weighted by Crippen LogP contribution is 2.40. The van der Waals surface area contributed by atoms with Crippen LogP contribution in [0.3, 0.4) is 0 Å². The maximum Gasteiger partial charge on any atom is 0.490 e. The molecule has 7 heteroatoms. The molecule has 1 N–H and O–H groups in total. The molecule has 0 aromatic heterocycles. The van der Waals surface area contributed by atoms with Gasteiger partial charge in [-0.25, -0.2) is 0 Å². The molecule has 3 rings (SSSR count). The topological polar surface area (TPSA) is 81.8 Å². The summed E-state index contributed by atoms with van der Waals surface area (Å²) in [6.07, 6.45) is 6.48. The molecule has 1 saturated heterocycles. The van der Waals surface area contributed by atoms with E-state index in [1.54, 1.807) is 12.1 Å². The molecule has 1 aromatic rings. The van der Waals surface area contributed by atoms with E-state index in [9.17, 15) is 15.2 Å². The fraction of sp³-hybridized carbons (Fsp3) is 0.524. The zero-order valence-electron chi connectivity index (χ0n) is 17.0. The van der Waals surface area contributed by atoms with Gasteiger partial charge in [0.05, 0.1) is 22.2 Å². The van der Waals surface area contributed by atoms with E-state index in [0.29, 0.717) is 12.0 Å². The van der Waals surface area contributed by atoms with E-state index in [1.807, 2.05) is 6.08 Å². The van der Waals surface area contributed by atoms with Crippen LogP contribution in [0.1, 0.15) is 65.0 Å². The van der Waals surface area contributed by atoms with Gasteiger partial charge < -0.3 is 14.4 Å². The van der Waals surface area contributed by atoms with E-state index in [1.165, 1.54) is 23.2 Å². The monoisotopic (exact) mass is 385 g/mol. The number of hydrogen-bond acceptors (Lipinski definition) is 5. The molecule has 150 valence electrons. The van der Waals surface area contributed by atoms with Gasteiger partial charge in [-0.2, -0.15) is 0 Å². The SMILES string of the molecule is CC1(C)OB(C2=CC/C(=C\CC(O)c3cccc([N+](=O)[O-])c3)CC2)OC1(C)C. The van der Waals surface area contributed by atoms with Crippen molar-refractivity contribution in [1.29, 1.82) is 0 Å². The van der Waals surface area contributed by atoms with E-state index in [0.717, 1.165) is 19.3 Å². The van der Waals surface area contributed by atoms with Crippen molar-refractivity contribution in [3.8, 4) is 0 Å². The number of hydrogen-bond donors (Lipinski definition) is 1. The average Bonchev–Trinajstić information content (AvgIpc) is 2.87. The summed E-state index contributed by atoms with van der Waals surface area (Å²) in [5.41, 5.74) is 2.32. The minimum atomic E-state index is -0.749. The lowest BCUT2D eigenvalue weighted by atomic mass is 9.71. The minimum Gasteiger partial charge on any atom is -0.400 e. The molecule has 2 aliphatic rings. The van der Waals surface area contributed by atoms with Gasteiger partial charge >= 0.3 is 7.12 Å². The largest absolute Gasteiger partial charge is 0.490 e. The smallest absolute Gasteiger partial charge is 0.400 e. The Morgan fingerprint density at radius 3 is 2.50 bits per heavy atom. The van der Waals surface area contributed by atoms with Crippen molar-refractivity contribution in [1.82, 2.24) is 0 Å². The second-order valence-electron chi connectivity index (χ2n) is 8.54. The van der Waals surface area contributed by atoms with Gasteiger partial charge in [-0.15, -0.1) is 0 Å². The summed E-state index contributed by atoms with van der Waals surface area (Å²) in [5, 5.41) is 21.3. The molecule has 1 heterocycles. The fourth-order valence-electron chi connectivity index (χ4n) is 3.43. The van der Waals surface area contributed by atoms with Crippen molar-refractivity contribution in [2.45, 2.75) is 70.7 Å². The Kier molecular flexibility index (Phi) is 5.80. The Hall–Kier alpha value is -1.96. The number of allylic oxidation sites excluding steroid dienone is 3. The third-order valence-corrected chi connectivity index (χ3v) is 6.01. The van der Waals surface area contributed by atoms with Crippen LogP contribution < -0.4 is 0 Å². The summed E-state index contributed by atoms with van der Waals surface area (Å²) in [4.78, 5) is 10.4. The molecule has 6 nitrogen and oxygen atoms in total. The van der Waals surface area contributed by atoms with Gasteiger partial charge in [-0.3, -0.25) is 10.1 Å². The van der Waals surface area contributed by atoms with Crippen LogP contribution in [0.4, 0.5) is 5.69 Å². The Labute approximate surface area is 166 Å². The van der Waals surface area contributed by atoms with Crippen LogP contribution in [0, 0.1) is 10.1 Å². The summed E-state index contributed by atoms with van der Waals surface area (Å²) < 4.78 is 12.2. The van der Waals surface area contributed by atoms with E-state index in [4.69, 9.17) is 9.31 Å². The van der Waals surface area contributed by atoms with Crippen molar-refractivity contribution < 1.29 is 19.3 Å². The third kappa shape index (κ3) is 4.37. The Morgan fingerprint density at radius 2 is 1.93 bits per heavy atom. The molecule has 1 aliphatic heterocycles. The number of non-ortho nitro benzene ring substituents is 1. The highest BCUT2D eigenvalue weighted by molar-refractivity contribution is 6.54. The number of nitro benzene ring substituents is 1. The normalized spacial score (nSPS) is 23.5. The van der Waals surface area contributed by atoms with Gasteiger partial charge in [0.25, 0.3) is 5.69 Å². The minimum absolute atomic E-state index is 0.00291. The number of aliphatic hydroxyl groups excluding tert-OH is 1. The van der Waals surface area contributed by atoms with Crippen LogP contribution >= 0.6 is 0 Å². The highest BCUT2D eigenvalue weighted by atomic mass is 16.7. The standard InChI is InChI=1S/C21H28BNO5/c1-20(2)21(3,4)28-22(27-20)17-11-8-15(9-12-17)10-13-19(24)16-6-5-7-18(14-16)23(25)26/h5-7,10-11,14,19,24H,8-9,12-13H2,1-4H3/b15-10+. The Morgan fingerprint density at radius 1 is 1.25 bits per heavy atom. The molecule has 1 unspecified atom stereocenters. The maximum atomic E-state index is 10.9. The number of rotatable bonds is 5. The van der Waals surface area contributed by atoms with Crippen molar-refractivity contribution in [2.24, 2.45) is 0 Å². The maximum absolute atomic E-state index is 10.9. The lowest BCUT2D eigenvalue weighted by Crippen LogP contribution is -2.41. The molecule has 0 spiro atoms. The van der Waals surface area contributed by atoms with Crippen LogP contribution in [0.5, 0.6) is 0 Å². The first-order valence-electron chi connectivity index (χ1n) is 9.74. The third-order valence-electron chi connectivity index (χ3n) is 6.01. The van der Waals surface area contributed by atoms with Crippen LogP contribution in [0.2, 0.25) is 0 Å². The zero-order valence-corrected chi connectivity index (χ0v) is 17.0. The lowest BCUT2D eigenvalue weighted by Gasteiger charge is -2.32. The van der Waals surface area contributed by atoms with Crippen LogP contribution in [-0.2, 0) is 9.31 Å². The predicted molar refractivity (Wildman–Crippen MR) is 109 cm³/mol.